The number of amidine groups is 1. The van der Waals surface area contributed by atoms with Gasteiger partial charge in [0.2, 0.25) is 5.88 Å². The Labute approximate surface area is 102 Å². The molecule has 5 nitrogen and oxygen atoms in total. The Bertz CT molecular complexity index is 423. The molecule has 1 aliphatic rings. The predicted octanol–water partition coefficient (Wildman–Crippen LogP) is 1.52. The van der Waals surface area contributed by atoms with Crippen LogP contribution in [0.25, 0.3) is 0 Å². The lowest BCUT2D eigenvalue weighted by Gasteiger charge is -2.19. The molecular weight excluding hydrogens is 274 g/mol. The van der Waals surface area contributed by atoms with Gasteiger partial charge < -0.3 is 4.74 Å². The smallest absolute Gasteiger partial charge is 0.228 e. The maximum absolute atomic E-state index is 5.28. The van der Waals surface area contributed by atoms with Gasteiger partial charge in [0.25, 0.3) is 0 Å². The molecule has 0 aromatic carbocycles. The minimum atomic E-state index is 0.0843. The molecule has 6 heteroatoms. The average Bonchev–Trinajstić information content (AvgIpc) is 2.31. The maximum atomic E-state index is 5.28. The summed E-state index contributed by atoms with van der Waals surface area (Å²) in [7, 11) is 1.57. The van der Waals surface area contributed by atoms with Gasteiger partial charge in [0.1, 0.15) is 11.8 Å². The molecule has 16 heavy (non-hydrogen) atoms. The van der Waals surface area contributed by atoms with Crippen LogP contribution in [0.3, 0.4) is 0 Å². The van der Waals surface area contributed by atoms with E-state index >= 15 is 0 Å². The van der Waals surface area contributed by atoms with Crippen molar-refractivity contribution in [1.29, 1.82) is 0 Å². The van der Waals surface area contributed by atoms with E-state index in [1.165, 1.54) is 0 Å². The second kappa shape index (κ2) is 4.80. The molecule has 0 bridgehead atoms. The summed E-state index contributed by atoms with van der Waals surface area (Å²) < 4.78 is 5.93. The van der Waals surface area contributed by atoms with E-state index in [1.54, 1.807) is 7.11 Å². The summed E-state index contributed by atoms with van der Waals surface area (Å²) >= 11 is 3.35. The molecule has 0 fully saturated rings. The molecule has 2 heterocycles. The standard InChI is InChI=1S/C10H12BrN3O2/c1-6-5-12-9(14-16-6)8-4-3-7(11)10(13-8)15-2/h3-4,6H,5H2,1-2H3,(H,12,14)/t6-/m1/s1. The minimum Gasteiger partial charge on any atom is -0.480 e. The zero-order valence-corrected chi connectivity index (χ0v) is 10.6. The molecule has 1 N–H and O–H groups in total. The average molecular weight is 286 g/mol. The van der Waals surface area contributed by atoms with Gasteiger partial charge in [-0.3, -0.25) is 9.83 Å². The summed E-state index contributed by atoms with van der Waals surface area (Å²) in [5, 5.41) is 0. The van der Waals surface area contributed by atoms with Gasteiger partial charge in [-0.2, -0.15) is 0 Å². The summed E-state index contributed by atoms with van der Waals surface area (Å²) in [4.78, 5) is 13.9. The Kier molecular flexibility index (Phi) is 3.40. The van der Waals surface area contributed by atoms with Crippen molar-refractivity contribution in [2.24, 2.45) is 4.99 Å². The zero-order chi connectivity index (χ0) is 11.5. The van der Waals surface area contributed by atoms with Crippen LogP contribution in [-0.4, -0.2) is 30.6 Å². The van der Waals surface area contributed by atoms with E-state index in [9.17, 15) is 0 Å². The molecular formula is C10H12BrN3O2. The molecule has 1 aromatic heterocycles. The number of rotatable bonds is 2. The lowest BCUT2D eigenvalue weighted by Crippen LogP contribution is -2.36. The van der Waals surface area contributed by atoms with Crippen LogP contribution >= 0.6 is 15.9 Å². The van der Waals surface area contributed by atoms with Crippen LogP contribution in [0, 0.1) is 0 Å². The van der Waals surface area contributed by atoms with Gasteiger partial charge >= 0.3 is 0 Å². The molecule has 0 amide bonds. The van der Waals surface area contributed by atoms with Crippen LogP contribution in [0.4, 0.5) is 0 Å². The van der Waals surface area contributed by atoms with Gasteiger partial charge in [0.15, 0.2) is 5.84 Å². The molecule has 1 aliphatic heterocycles. The molecule has 1 aromatic rings. The van der Waals surface area contributed by atoms with Crippen molar-refractivity contribution in [1.82, 2.24) is 10.5 Å². The van der Waals surface area contributed by atoms with E-state index in [0.717, 1.165) is 4.47 Å². The van der Waals surface area contributed by atoms with E-state index < -0.39 is 0 Å². The van der Waals surface area contributed by atoms with Crippen molar-refractivity contribution in [3.8, 4) is 5.88 Å². The van der Waals surface area contributed by atoms with Crippen LogP contribution in [0.1, 0.15) is 12.6 Å². The molecule has 0 saturated heterocycles. The first-order valence-corrected chi connectivity index (χ1v) is 5.67. The zero-order valence-electron chi connectivity index (χ0n) is 9.03. The number of aliphatic imine (C=N–C) groups is 1. The Balaban J connectivity index is 2.27. The minimum absolute atomic E-state index is 0.0843. The second-order valence-electron chi connectivity index (χ2n) is 3.41. The van der Waals surface area contributed by atoms with E-state index in [-0.39, 0.29) is 6.10 Å². The first kappa shape index (κ1) is 11.3. The normalized spacial score (nSPS) is 19.9. The molecule has 0 unspecified atom stereocenters. The van der Waals surface area contributed by atoms with Crippen LogP contribution < -0.4 is 10.2 Å². The van der Waals surface area contributed by atoms with Gasteiger partial charge in [0, 0.05) is 0 Å². The van der Waals surface area contributed by atoms with Gasteiger partial charge in [0.05, 0.1) is 18.1 Å². The third-order valence-corrected chi connectivity index (χ3v) is 2.72. The lowest BCUT2D eigenvalue weighted by molar-refractivity contribution is 0.0182. The Morgan fingerprint density at radius 3 is 3.00 bits per heavy atom. The number of nitrogens with zero attached hydrogens (tertiary/aromatic N) is 2. The number of methoxy groups -OCH3 is 1. The number of hydroxylamine groups is 1. The topological polar surface area (TPSA) is 55.7 Å². The molecule has 86 valence electrons. The quantitative estimate of drug-likeness (QED) is 0.895. The van der Waals surface area contributed by atoms with Crippen molar-refractivity contribution in [2.75, 3.05) is 13.7 Å². The van der Waals surface area contributed by atoms with Gasteiger partial charge in [-0.1, -0.05) is 0 Å². The third-order valence-electron chi connectivity index (χ3n) is 2.11. The van der Waals surface area contributed by atoms with E-state index in [0.29, 0.717) is 24.0 Å². The Morgan fingerprint density at radius 2 is 2.38 bits per heavy atom. The van der Waals surface area contributed by atoms with Crippen molar-refractivity contribution in [3.05, 3.63) is 22.3 Å². The SMILES string of the molecule is COc1nc(C2=NC[C@@H](C)ON2)ccc1Br. The predicted molar refractivity (Wildman–Crippen MR) is 63.6 cm³/mol. The highest BCUT2D eigenvalue weighted by atomic mass is 79.9. The van der Waals surface area contributed by atoms with E-state index in [1.807, 2.05) is 19.1 Å². The molecule has 0 aliphatic carbocycles. The monoisotopic (exact) mass is 285 g/mol. The largest absolute Gasteiger partial charge is 0.480 e. The number of nitrogens with one attached hydrogen (secondary N) is 1. The molecule has 1 atom stereocenters. The molecule has 0 saturated carbocycles. The van der Waals surface area contributed by atoms with Gasteiger partial charge in [-0.15, -0.1) is 0 Å². The van der Waals surface area contributed by atoms with Crippen LogP contribution in [0.5, 0.6) is 5.88 Å². The summed E-state index contributed by atoms with van der Waals surface area (Å²) in [6.45, 7) is 2.57. The second-order valence-corrected chi connectivity index (χ2v) is 4.26. The number of hydrogen-bond acceptors (Lipinski definition) is 5. The van der Waals surface area contributed by atoms with Crippen LogP contribution in [-0.2, 0) is 4.84 Å². The lowest BCUT2D eigenvalue weighted by atomic mass is 10.3. The molecule has 2 rings (SSSR count). The number of aromatic nitrogens is 1. The Hall–Kier alpha value is -1.14. The first-order chi connectivity index (χ1) is 7.70. The van der Waals surface area contributed by atoms with Crippen LogP contribution in [0.15, 0.2) is 21.6 Å². The first-order valence-electron chi connectivity index (χ1n) is 4.87. The van der Waals surface area contributed by atoms with Crippen molar-refractivity contribution in [2.45, 2.75) is 13.0 Å². The fraction of sp³-hybridized carbons (Fsp3) is 0.400. The summed E-state index contributed by atoms with van der Waals surface area (Å²) in [6, 6.07) is 3.71. The number of pyridine rings is 1. The third kappa shape index (κ3) is 2.33. The number of hydrogen-bond donors (Lipinski definition) is 1. The maximum Gasteiger partial charge on any atom is 0.228 e. The van der Waals surface area contributed by atoms with E-state index in [2.05, 4.69) is 31.4 Å². The van der Waals surface area contributed by atoms with Crippen molar-refractivity contribution in [3.63, 3.8) is 0 Å². The fourth-order valence-electron chi connectivity index (χ4n) is 1.28. The molecule has 0 radical (unpaired) electrons. The Morgan fingerprint density at radius 1 is 1.56 bits per heavy atom. The van der Waals surface area contributed by atoms with Gasteiger partial charge in [-0.25, -0.2) is 10.5 Å². The highest BCUT2D eigenvalue weighted by Crippen LogP contribution is 2.22. The van der Waals surface area contributed by atoms with Crippen LogP contribution in [0.2, 0.25) is 0 Å². The van der Waals surface area contributed by atoms with Crippen molar-refractivity contribution < 1.29 is 9.57 Å². The summed E-state index contributed by atoms with van der Waals surface area (Å²) in [5.41, 5.74) is 3.47. The summed E-state index contributed by atoms with van der Waals surface area (Å²) in [5.74, 6) is 1.16. The fourth-order valence-corrected chi connectivity index (χ4v) is 1.66. The highest BCUT2D eigenvalue weighted by Gasteiger charge is 2.15. The highest BCUT2D eigenvalue weighted by molar-refractivity contribution is 9.10. The van der Waals surface area contributed by atoms with Crippen molar-refractivity contribution >= 4 is 21.8 Å². The summed E-state index contributed by atoms with van der Waals surface area (Å²) in [6.07, 6.45) is 0.0843. The number of ether oxygens (including phenoxy) is 1. The molecule has 0 spiro atoms. The number of halogens is 1. The van der Waals surface area contributed by atoms with Gasteiger partial charge in [-0.05, 0) is 35.0 Å². The van der Waals surface area contributed by atoms with E-state index in [4.69, 9.17) is 9.57 Å².